The first-order valence-electron chi connectivity index (χ1n) is 9.38. The van der Waals surface area contributed by atoms with Crippen molar-refractivity contribution in [1.82, 2.24) is 9.80 Å². The largest absolute Gasteiger partial charge is 0.467 e. The van der Waals surface area contributed by atoms with Crippen LogP contribution in [0, 0.1) is 5.82 Å². The molecule has 1 fully saturated rings. The van der Waals surface area contributed by atoms with E-state index in [1.54, 1.807) is 32.9 Å². The molecule has 2 amide bonds. The van der Waals surface area contributed by atoms with Crippen molar-refractivity contribution >= 4 is 18.2 Å². The lowest BCUT2D eigenvalue weighted by Crippen LogP contribution is -2.44. The number of esters is 1. The summed E-state index contributed by atoms with van der Waals surface area (Å²) in [5, 5.41) is 0. The molecule has 1 aromatic rings. The van der Waals surface area contributed by atoms with Gasteiger partial charge in [-0.2, -0.15) is 0 Å². The predicted molar refractivity (Wildman–Crippen MR) is 99.3 cm³/mol. The van der Waals surface area contributed by atoms with Gasteiger partial charge in [0.1, 0.15) is 23.6 Å². The highest BCUT2D eigenvalue weighted by Crippen LogP contribution is 2.28. The Balaban J connectivity index is 1.65. The molecule has 0 aliphatic carbocycles. The third kappa shape index (κ3) is 4.60. The molecule has 2 atom stereocenters. The SMILES string of the molecule is COC(=O)C1CC(OC(=O)N2Cc3cccc(F)c3C2)CN1C(=O)OC(C)(C)C. The Morgan fingerprint density at radius 2 is 1.86 bits per heavy atom. The van der Waals surface area contributed by atoms with Gasteiger partial charge in [0.15, 0.2) is 0 Å². The minimum absolute atomic E-state index is 0.00949. The van der Waals surface area contributed by atoms with E-state index in [2.05, 4.69) is 0 Å². The summed E-state index contributed by atoms with van der Waals surface area (Å²) in [5.74, 6) is -0.967. The van der Waals surface area contributed by atoms with Gasteiger partial charge < -0.3 is 14.2 Å². The van der Waals surface area contributed by atoms with Crippen molar-refractivity contribution in [1.29, 1.82) is 0 Å². The molecule has 8 nitrogen and oxygen atoms in total. The lowest BCUT2D eigenvalue weighted by atomic mass is 10.1. The maximum atomic E-state index is 13.9. The molecule has 0 radical (unpaired) electrons. The Kier molecular flexibility index (Phi) is 5.68. The highest BCUT2D eigenvalue weighted by Gasteiger charge is 2.44. The fraction of sp³-hybridized carbons (Fsp3) is 0.550. The number of methoxy groups -OCH3 is 1. The van der Waals surface area contributed by atoms with E-state index in [0.29, 0.717) is 5.56 Å². The Morgan fingerprint density at radius 1 is 1.14 bits per heavy atom. The molecule has 2 heterocycles. The maximum Gasteiger partial charge on any atom is 0.411 e. The molecule has 2 aliphatic heterocycles. The molecule has 2 aliphatic rings. The van der Waals surface area contributed by atoms with E-state index in [1.807, 2.05) is 0 Å². The van der Waals surface area contributed by atoms with Crippen LogP contribution >= 0.6 is 0 Å². The second-order valence-electron chi connectivity index (χ2n) is 8.15. The molecule has 1 saturated heterocycles. The number of carbonyl (C=O) groups is 3. The van der Waals surface area contributed by atoms with Crippen LogP contribution in [-0.4, -0.2) is 59.4 Å². The molecule has 1 aromatic carbocycles. The predicted octanol–water partition coefficient (Wildman–Crippen LogP) is 2.83. The third-order valence-corrected chi connectivity index (χ3v) is 4.82. The average molecular weight is 408 g/mol. The van der Waals surface area contributed by atoms with Crippen LogP contribution in [0.5, 0.6) is 0 Å². The van der Waals surface area contributed by atoms with E-state index in [-0.39, 0.29) is 31.9 Å². The van der Waals surface area contributed by atoms with Crippen molar-refractivity contribution in [2.24, 2.45) is 0 Å². The quantitative estimate of drug-likeness (QED) is 0.553. The first-order valence-corrected chi connectivity index (χ1v) is 9.38. The summed E-state index contributed by atoms with van der Waals surface area (Å²) in [6.45, 7) is 5.52. The van der Waals surface area contributed by atoms with Crippen LogP contribution in [0.1, 0.15) is 38.3 Å². The average Bonchev–Trinajstić information content (AvgIpc) is 3.25. The summed E-state index contributed by atoms with van der Waals surface area (Å²) in [7, 11) is 1.23. The van der Waals surface area contributed by atoms with E-state index >= 15 is 0 Å². The summed E-state index contributed by atoms with van der Waals surface area (Å²) in [6, 6.07) is 3.81. The molecule has 0 N–H and O–H groups in total. The molecular formula is C20H25FN2O6. The van der Waals surface area contributed by atoms with E-state index in [1.165, 1.54) is 23.0 Å². The third-order valence-electron chi connectivity index (χ3n) is 4.82. The molecule has 0 saturated carbocycles. The number of amides is 2. The highest BCUT2D eigenvalue weighted by atomic mass is 19.1. The lowest BCUT2D eigenvalue weighted by molar-refractivity contribution is -0.145. The van der Waals surface area contributed by atoms with Crippen LogP contribution in [0.2, 0.25) is 0 Å². The molecular weight excluding hydrogens is 383 g/mol. The van der Waals surface area contributed by atoms with Crippen molar-refractivity contribution in [3.8, 4) is 0 Å². The molecule has 9 heteroatoms. The molecule has 0 bridgehead atoms. The van der Waals surface area contributed by atoms with E-state index in [0.717, 1.165) is 5.56 Å². The zero-order valence-corrected chi connectivity index (χ0v) is 16.9. The van der Waals surface area contributed by atoms with Crippen molar-refractivity contribution in [2.45, 2.75) is 58.0 Å². The fourth-order valence-corrected chi connectivity index (χ4v) is 3.49. The highest BCUT2D eigenvalue weighted by molar-refractivity contribution is 5.82. The number of hydrogen-bond acceptors (Lipinski definition) is 6. The van der Waals surface area contributed by atoms with Gasteiger partial charge in [-0.1, -0.05) is 12.1 Å². The van der Waals surface area contributed by atoms with Crippen LogP contribution in [0.15, 0.2) is 18.2 Å². The van der Waals surface area contributed by atoms with Crippen LogP contribution < -0.4 is 0 Å². The Bertz CT molecular complexity index is 822. The van der Waals surface area contributed by atoms with Crippen LogP contribution in [0.4, 0.5) is 14.0 Å². The first kappa shape index (κ1) is 20.9. The number of nitrogens with zero attached hydrogens (tertiary/aromatic N) is 2. The van der Waals surface area contributed by atoms with Gasteiger partial charge in [0.2, 0.25) is 0 Å². The van der Waals surface area contributed by atoms with Crippen LogP contribution in [-0.2, 0) is 32.1 Å². The molecule has 158 valence electrons. The normalized spacial score (nSPS) is 21.0. The molecule has 0 spiro atoms. The summed E-state index contributed by atoms with van der Waals surface area (Å²) in [6.07, 6.45) is -1.90. The Hall–Kier alpha value is -2.84. The fourth-order valence-electron chi connectivity index (χ4n) is 3.49. The minimum Gasteiger partial charge on any atom is -0.467 e. The molecule has 29 heavy (non-hydrogen) atoms. The van der Waals surface area contributed by atoms with Gasteiger partial charge >= 0.3 is 18.2 Å². The Labute approximate surface area is 168 Å². The Morgan fingerprint density at radius 3 is 2.48 bits per heavy atom. The van der Waals surface area contributed by atoms with Crippen molar-refractivity contribution in [3.05, 3.63) is 35.1 Å². The lowest BCUT2D eigenvalue weighted by Gasteiger charge is -2.27. The van der Waals surface area contributed by atoms with E-state index in [9.17, 15) is 18.8 Å². The van der Waals surface area contributed by atoms with E-state index < -0.39 is 35.9 Å². The van der Waals surface area contributed by atoms with Crippen molar-refractivity contribution < 1.29 is 33.0 Å². The summed E-state index contributed by atoms with van der Waals surface area (Å²) in [4.78, 5) is 39.7. The van der Waals surface area contributed by atoms with Gasteiger partial charge in [0, 0.05) is 18.5 Å². The summed E-state index contributed by atoms with van der Waals surface area (Å²) >= 11 is 0. The van der Waals surface area contributed by atoms with Gasteiger partial charge in [-0.05, 0) is 32.4 Å². The zero-order chi connectivity index (χ0) is 21.3. The number of rotatable bonds is 2. The van der Waals surface area contributed by atoms with Gasteiger partial charge in [-0.25, -0.2) is 18.8 Å². The van der Waals surface area contributed by atoms with Crippen LogP contribution in [0.3, 0.4) is 0 Å². The van der Waals surface area contributed by atoms with Gasteiger partial charge in [-0.3, -0.25) is 9.80 Å². The number of fused-ring (bicyclic) bond motifs is 1. The maximum absolute atomic E-state index is 13.9. The number of hydrogen-bond donors (Lipinski definition) is 0. The van der Waals surface area contributed by atoms with Gasteiger partial charge in [0.25, 0.3) is 0 Å². The minimum atomic E-state index is -0.902. The first-order chi connectivity index (χ1) is 13.6. The number of carbonyl (C=O) groups excluding carboxylic acids is 3. The topological polar surface area (TPSA) is 85.4 Å². The van der Waals surface area contributed by atoms with Gasteiger partial charge in [0.05, 0.1) is 20.2 Å². The number of likely N-dealkylation sites (tertiary alicyclic amines) is 1. The number of ether oxygens (including phenoxy) is 3. The number of benzene rings is 1. The molecule has 2 unspecified atom stereocenters. The zero-order valence-electron chi connectivity index (χ0n) is 16.9. The molecule has 0 aromatic heterocycles. The monoisotopic (exact) mass is 408 g/mol. The smallest absolute Gasteiger partial charge is 0.411 e. The van der Waals surface area contributed by atoms with E-state index in [4.69, 9.17) is 14.2 Å². The van der Waals surface area contributed by atoms with Crippen molar-refractivity contribution in [2.75, 3.05) is 13.7 Å². The van der Waals surface area contributed by atoms with Crippen LogP contribution in [0.25, 0.3) is 0 Å². The second-order valence-corrected chi connectivity index (χ2v) is 8.15. The number of halogens is 1. The second kappa shape index (κ2) is 7.88. The summed E-state index contributed by atoms with van der Waals surface area (Å²) < 4.78 is 29.5. The van der Waals surface area contributed by atoms with Crippen molar-refractivity contribution in [3.63, 3.8) is 0 Å². The van der Waals surface area contributed by atoms with Gasteiger partial charge in [-0.15, -0.1) is 0 Å². The summed E-state index contributed by atoms with van der Waals surface area (Å²) in [5.41, 5.74) is 0.465. The standard InChI is InChI=1S/C20H25FN2O6/c1-20(2,3)29-19(26)23-10-13(8-16(23)17(24)27-4)28-18(25)22-9-12-6-5-7-15(21)14(12)11-22/h5-7,13,16H,8-11H2,1-4H3. The molecule has 3 rings (SSSR count).